The minimum absolute atomic E-state index is 0.00322. The molecule has 4 unspecified atom stereocenters. The Morgan fingerprint density at radius 2 is 1.26 bits per heavy atom. The van der Waals surface area contributed by atoms with Gasteiger partial charge in [0.05, 0.1) is 11.8 Å². The third-order valence-corrected chi connectivity index (χ3v) is 8.92. The van der Waals surface area contributed by atoms with Crippen LogP contribution in [0.5, 0.6) is 11.5 Å². The maximum absolute atomic E-state index is 14.5. The van der Waals surface area contributed by atoms with Gasteiger partial charge in [-0.25, -0.2) is 9.59 Å². The number of benzene rings is 2. The second-order valence-electron chi connectivity index (χ2n) is 12.4. The van der Waals surface area contributed by atoms with E-state index in [1.54, 1.807) is 24.3 Å². The van der Waals surface area contributed by atoms with E-state index in [0.717, 1.165) is 63.5 Å². The Bertz CT molecular complexity index is 1320. The molecule has 2 aliphatic carbocycles. The van der Waals surface area contributed by atoms with Gasteiger partial charge in [0.1, 0.15) is 11.5 Å². The molecule has 0 radical (unpaired) electrons. The average molecular weight is 663 g/mol. The largest absolute Gasteiger partial charge is 0.478 e. The van der Waals surface area contributed by atoms with E-state index >= 15 is 0 Å². The van der Waals surface area contributed by atoms with Crippen LogP contribution in [0.25, 0.3) is 12.2 Å². The monoisotopic (exact) mass is 662 g/mol. The van der Waals surface area contributed by atoms with Crippen LogP contribution < -0.4 is 9.47 Å². The SMILES string of the molecule is CCC1CCCCC1C(F)(F)Oc1ccc(/C=C/C(=O)O)cc1.CCCC1CCCC(C(F)(F)Oc2ccc(/C=C/C(=O)O)cc2)C1. The van der Waals surface area contributed by atoms with Crippen LogP contribution in [0.1, 0.15) is 95.6 Å². The molecule has 2 aromatic rings. The van der Waals surface area contributed by atoms with Crippen molar-refractivity contribution in [2.75, 3.05) is 0 Å². The van der Waals surface area contributed by atoms with Crippen molar-refractivity contribution in [1.29, 1.82) is 0 Å². The van der Waals surface area contributed by atoms with Crippen molar-refractivity contribution in [2.45, 2.75) is 96.7 Å². The Balaban J connectivity index is 0.000000256. The van der Waals surface area contributed by atoms with Gasteiger partial charge >= 0.3 is 24.2 Å². The van der Waals surface area contributed by atoms with Crippen LogP contribution in [0.3, 0.4) is 0 Å². The Kier molecular flexibility index (Phi) is 14.3. The summed E-state index contributed by atoms with van der Waals surface area (Å²) >= 11 is 0. The molecule has 2 aromatic carbocycles. The molecule has 6 nitrogen and oxygen atoms in total. The summed E-state index contributed by atoms with van der Waals surface area (Å²) < 4.78 is 67.8. The highest BCUT2D eigenvalue weighted by Crippen LogP contribution is 2.43. The van der Waals surface area contributed by atoms with Crippen molar-refractivity contribution in [2.24, 2.45) is 23.7 Å². The third kappa shape index (κ3) is 12.4. The molecular formula is C37H46F4O6. The minimum atomic E-state index is -3.18. The molecule has 2 aliphatic rings. The van der Waals surface area contributed by atoms with Crippen LogP contribution in [0.15, 0.2) is 60.7 Å². The Morgan fingerprint density at radius 1 is 0.745 bits per heavy atom. The topological polar surface area (TPSA) is 93.1 Å². The molecule has 0 aliphatic heterocycles. The first-order chi connectivity index (χ1) is 22.3. The van der Waals surface area contributed by atoms with Crippen LogP contribution >= 0.6 is 0 Å². The molecule has 0 bridgehead atoms. The van der Waals surface area contributed by atoms with Crippen LogP contribution in [0.4, 0.5) is 17.6 Å². The van der Waals surface area contributed by atoms with E-state index in [-0.39, 0.29) is 17.4 Å². The van der Waals surface area contributed by atoms with Crippen LogP contribution in [0, 0.1) is 23.7 Å². The predicted octanol–water partition coefficient (Wildman–Crippen LogP) is 10.3. The number of carboxylic acid groups (broad SMARTS) is 2. The fraction of sp³-hybridized carbons (Fsp3) is 0.514. The molecular weight excluding hydrogens is 616 g/mol. The van der Waals surface area contributed by atoms with Gasteiger partial charge in [-0.15, -0.1) is 0 Å². The molecule has 0 spiro atoms. The summed E-state index contributed by atoms with van der Waals surface area (Å²) in [6.07, 6.45) is 7.22. The zero-order valence-corrected chi connectivity index (χ0v) is 27.1. The summed E-state index contributed by atoms with van der Waals surface area (Å²) in [5.41, 5.74) is 1.24. The molecule has 0 saturated heterocycles. The van der Waals surface area contributed by atoms with E-state index in [9.17, 15) is 27.2 Å². The van der Waals surface area contributed by atoms with Gasteiger partial charge in [-0.3, -0.25) is 0 Å². The number of carboxylic acids is 2. The predicted molar refractivity (Wildman–Crippen MR) is 173 cm³/mol. The average Bonchev–Trinajstić information content (AvgIpc) is 3.04. The molecule has 0 heterocycles. The van der Waals surface area contributed by atoms with Crippen molar-refractivity contribution in [3.63, 3.8) is 0 Å². The second kappa shape index (κ2) is 17.9. The number of carbonyl (C=O) groups is 2. The Hall–Kier alpha value is -3.82. The van der Waals surface area contributed by atoms with E-state index in [1.807, 2.05) is 6.92 Å². The van der Waals surface area contributed by atoms with Crippen molar-refractivity contribution in [3.05, 3.63) is 71.8 Å². The molecule has 2 N–H and O–H groups in total. The lowest BCUT2D eigenvalue weighted by Gasteiger charge is -2.35. The van der Waals surface area contributed by atoms with Gasteiger partial charge in [-0.1, -0.05) is 83.1 Å². The van der Waals surface area contributed by atoms with Crippen molar-refractivity contribution in [3.8, 4) is 11.5 Å². The Morgan fingerprint density at radius 3 is 1.74 bits per heavy atom. The zero-order valence-electron chi connectivity index (χ0n) is 27.1. The van der Waals surface area contributed by atoms with Gasteiger partial charge in [0, 0.05) is 12.2 Å². The summed E-state index contributed by atoms with van der Waals surface area (Å²) in [5, 5.41) is 17.1. The molecule has 0 aromatic heterocycles. The van der Waals surface area contributed by atoms with Crippen molar-refractivity contribution < 1.29 is 46.8 Å². The maximum Gasteiger partial charge on any atom is 0.400 e. The zero-order chi connectivity index (χ0) is 34.5. The molecule has 0 amide bonds. The first kappa shape index (κ1) is 37.6. The molecule has 47 heavy (non-hydrogen) atoms. The number of ether oxygens (including phenoxy) is 2. The molecule has 258 valence electrons. The van der Waals surface area contributed by atoms with Crippen molar-refractivity contribution >= 4 is 24.1 Å². The van der Waals surface area contributed by atoms with Gasteiger partial charge in [0.2, 0.25) is 0 Å². The van der Waals surface area contributed by atoms with E-state index in [1.165, 1.54) is 36.4 Å². The minimum Gasteiger partial charge on any atom is -0.478 e. The lowest BCUT2D eigenvalue weighted by atomic mass is 9.77. The van der Waals surface area contributed by atoms with Gasteiger partial charge in [0.15, 0.2) is 0 Å². The number of aliphatic carboxylic acids is 2. The standard InChI is InChI=1S/C19H24F2O3.C18H22F2O3/c1-2-4-15-5-3-6-16(13-15)19(20,21)24-17-10-7-14(8-11-17)9-12-18(22)23;1-2-14-5-3-4-6-16(14)18(19,20)23-15-10-7-13(8-11-15)9-12-17(21)22/h7-12,15-16H,2-6,13H2,1H3,(H,22,23);7-12,14,16H,2-6H2,1H3,(H,21,22)/b2*12-9+. The van der Waals surface area contributed by atoms with E-state index in [0.29, 0.717) is 36.3 Å². The summed E-state index contributed by atoms with van der Waals surface area (Å²) in [7, 11) is 0. The lowest BCUT2D eigenvalue weighted by molar-refractivity contribution is -0.234. The number of hydrogen-bond acceptors (Lipinski definition) is 4. The van der Waals surface area contributed by atoms with Crippen molar-refractivity contribution in [1.82, 2.24) is 0 Å². The fourth-order valence-electron chi connectivity index (χ4n) is 6.51. The number of hydrogen-bond donors (Lipinski definition) is 2. The van der Waals surface area contributed by atoms with Gasteiger partial charge < -0.3 is 19.7 Å². The third-order valence-electron chi connectivity index (χ3n) is 8.92. The quantitative estimate of drug-likeness (QED) is 0.164. The molecule has 2 fully saturated rings. The highest BCUT2D eigenvalue weighted by molar-refractivity contribution is 5.85. The van der Waals surface area contributed by atoms with Gasteiger partial charge in [0.25, 0.3) is 0 Å². The summed E-state index contributed by atoms with van der Waals surface area (Å²) in [4.78, 5) is 20.9. The molecule has 10 heteroatoms. The fourth-order valence-corrected chi connectivity index (χ4v) is 6.51. The second-order valence-corrected chi connectivity index (χ2v) is 12.4. The van der Waals surface area contributed by atoms with Gasteiger partial charge in [-0.2, -0.15) is 17.6 Å². The molecule has 2 saturated carbocycles. The molecule has 4 atom stereocenters. The van der Waals surface area contributed by atoms with E-state index < -0.39 is 36.0 Å². The lowest BCUT2D eigenvalue weighted by Crippen LogP contribution is -2.40. The maximum atomic E-state index is 14.5. The highest BCUT2D eigenvalue weighted by Gasteiger charge is 2.47. The van der Waals surface area contributed by atoms with Crippen LogP contribution in [-0.2, 0) is 9.59 Å². The molecule has 4 rings (SSSR count). The number of alkyl halides is 4. The number of rotatable bonds is 13. The van der Waals surface area contributed by atoms with Crippen LogP contribution in [0.2, 0.25) is 0 Å². The summed E-state index contributed by atoms with van der Waals surface area (Å²) in [6.45, 7) is 4.03. The smallest absolute Gasteiger partial charge is 0.400 e. The summed E-state index contributed by atoms with van der Waals surface area (Å²) in [6, 6.07) is 12.0. The number of halogens is 4. The first-order valence-corrected chi connectivity index (χ1v) is 16.5. The van der Waals surface area contributed by atoms with Gasteiger partial charge in [-0.05, 0) is 85.1 Å². The Labute approximate surface area is 274 Å². The van der Waals surface area contributed by atoms with Crippen LogP contribution in [-0.4, -0.2) is 34.4 Å². The van der Waals surface area contributed by atoms with E-state index in [2.05, 4.69) is 6.92 Å². The van der Waals surface area contributed by atoms with E-state index in [4.69, 9.17) is 19.7 Å². The normalized spacial score (nSPS) is 22.0. The first-order valence-electron chi connectivity index (χ1n) is 16.5. The highest BCUT2D eigenvalue weighted by atomic mass is 19.3. The summed E-state index contributed by atoms with van der Waals surface area (Å²) in [5.74, 6) is -3.03.